The third-order valence-corrected chi connectivity index (χ3v) is 3.72. The molecule has 5 heteroatoms. The van der Waals surface area contributed by atoms with E-state index in [1.165, 1.54) is 11.3 Å². The zero-order chi connectivity index (χ0) is 15.1. The molecule has 0 aromatic heterocycles. The van der Waals surface area contributed by atoms with Crippen LogP contribution in [-0.2, 0) is 6.42 Å². The van der Waals surface area contributed by atoms with Crippen LogP contribution in [0.2, 0.25) is 0 Å². The van der Waals surface area contributed by atoms with Crippen LogP contribution in [0.5, 0.6) is 0 Å². The number of nitrogens with zero attached hydrogens (tertiary/aromatic N) is 2. The lowest BCUT2D eigenvalue weighted by atomic mass is 10.1. The molecule has 2 N–H and O–H groups in total. The van der Waals surface area contributed by atoms with Crippen LogP contribution in [0.25, 0.3) is 0 Å². The number of aliphatic imine (C=N–C) groups is 1. The van der Waals surface area contributed by atoms with Gasteiger partial charge in [-0.25, -0.2) is 0 Å². The Morgan fingerprint density at radius 2 is 2.18 bits per heavy atom. The molecule has 0 radical (unpaired) electrons. The molecule has 1 unspecified atom stereocenters. The molecule has 1 heterocycles. The lowest BCUT2D eigenvalue weighted by Crippen LogP contribution is -2.38. The zero-order valence-electron chi connectivity index (χ0n) is 13.5. The van der Waals surface area contributed by atoms with E-state index in [-0.39, 0.29) is 24.0 Å². The molecule has 0 amide bonds. The molecule has 0 saturated carbocycles. The minimum absolute atomic E-state index is 0. The molecule has 1 aromatic rings. The van der Waals surface area contributed by atoms with Crippen molar-refractivity contribution in [1.82, 2.24) is 10.6 Å². The lowest BCUT2D eigenvalue weighted by molar-refractivity contribution is 0.672. The molecule has 1 aromatic carbocycles. The largest absolute Gasteiger partial charge is 0.366 e. The van der Waals surface area contributed by atoms with Crippen molar-refractivity contribution < 1.29 is 0 Å². The highest BCUT2D eigenvalue weighted by Crippen LogP contribution is 2.31. The Morgan fingerprint density at radius 1 is 1.41 bits per heavy atom. The Balaban J connectivity index is 0.00000242. The molecule has 4 nitrogen and oxygen atoms in total. The van der Waals surface area contributed by atoms with Crippen LogP contribution in [0.3, 0.4) is 0 Å². The van der Waals surface area contributed by atoms with E-state index in [2.05, 4.69) is 65.2 Å². The van der Waals surface area contributed by atoms with Crippen LogP contribution in [-0.4, -0.2) is 38.2 Å². The second-order valence-corrected chi connectivity index (χ2v) is 5.31. The summed E-state index contributed by atoms with van der Waals surface area (Å²) in [5.74, 6) is 0.859. The smallest absolute Gasteiger partial charge is 0.191 e. The van der Waals surface area contributed by atoms with E-state index in [1.54, 1.807) is 0 Å². The van der Waals surface area contributed by atoms with Crippen molar-refractivity contribution in [3.05, 3.63) is 42.5 Å². The Morgan fingerprint density at radius 3 is 2.91 bits per heavy atom. The van der Waals surface area contributed by atoms with Crippen molar-refractivity contribution >= 4 is 35.6 Å². The van der Waals surface area contributed by atoms with E-state index < -0.39 is 0 Å². The summed E-state index contributed by atoms with van der Waals surface area (Å²) in [5, 5.41) is 6.47. The molecule has 1 aliphatic rings. The van der Waals surface area contributed by atoms with E-state index in [1.807, 2.05) is 6.08 Å². The number of rotatable bonds is 6. The van der Waals surface area contributed by atoms with Gasteiger partial charge < -0.3 is 15.5 Å². The maximum atomic E-state index is 4.63. The van der Waals surface area contributed by atoms with Crippen LogP contribution < -0.4 is 15.5 Å². The highest BCUT2D eigenvalue weighted by Gasteiger charge is 2.24. The fourth-order valence-electron chi connectivity index (χ4n) is 2.75. The normalized spacial score (nSPS) is 16.7. The van der Waals surface area contributed by atoms with Crippen LogP contribution >= 0.6 is 24.0 Å². The van der Waals surface area contributed by atoms with Gasteiger partial charge in [-0.15, -0.1) is 30.6 Å². The molecular weight excluding hydrogens is 387 g/mol. The quantitative estimate of drug-likeness (QED) is 0.326. The van der Waals surface area contributed by atoms with Crippen LogP contribution in [0.15, 0.2) is 41.9 Å². The number of nitrogens with one attached hydrogen (secondary N) is 2. The maximum Gasteiger partial charge on any atom is 0.191 e. The Bertz CT molecular complexity index is 501. The molecule has 2 rings (SSSR count). The second-order valence-electron chi connectivity index (χ2n) is 5.31. The molecule has 0 saturated heterocycles. The van der Waals surface area contributed by atoms with E-state index in [9.17, 15) is 0 Å². The van der Waals surface area contributed by atoms with Crippen LogP contribution in [0.4, 0.5) is 5.69 Å². The van der Waals surface area contributed by atoms with Gasteiger partial charge in [-0.05, 0) is 31.9 Å². The topological polar surface area (TPSA) is 39.7 Å². The van der Waals surface area contributed by atoms with Crippen LogP contribution in [0, 0.1) is 0 Å². The van der Waals surface area contributed by atoms with E-state index in [0.717, 1.165) is 38.6 Å². The summed E-state index contributed by atoms with van der Waals surface area (Å²) < 4.78 is 0. The Labute approximate surface area is 151 Å². The second kappa shape index (κ2) is 9.71. The monoisotopic (exact) mass is 414 g/mol. The van der Waals surface area contributed by atoms with Gasteiger partial charge in [0.15, 0.2) is 5.96 Å². The number of hydrogen-bond donors (Lipinski definition) is 2. The third-order valence-electron chi connectivity index (χ3n) is 3.72. The van der Waals surface area contributed by atoms with Gasteiger partial charge in [0.05, 0.1) is 6.54 Å². The summed E-state index contributed by atoms with van der Waals surface area (Å²) in [6.45, 7) is 11.4. The van der Waals surface area contributed by atoms with E-state index in [0.29, 0.717) is 6.04 Å². The highest BCUT2D eigenvalue weighted by molar-refractivity contribution is 14.0. The average Bonchev–Trinajstić information content (AvgIpc) is 2.81. The van der Waals surface area contributed by atoms with Crippen molar-refractivity contribution in [2.75, 3.05) is 31.1 Å². The number of anilines is 1. The van der Waals surface area contributed by atoms with Gasteiger partial charge in [0, 0.05) is 31.4 Å². The summed E-state index contributed by atoms with van der Waals surface area (Å²) in [5.41, 5.74) is 2.81. The first-order chi connectivity index (χ1) is 10.3. The fraction of sp³-hybridized carbons (Fsp3) is 0.471. The predicted molar refractivity (Wildman–Crippen MR) is 107 cm³/mol. The van der Waals surface area contributed by atoms with Crippen molar-refractivity contribution in [3.63, 3.8) is 0 Å². The van der Waals surface area contributed by atoms with Gasteiger partial charge in [-0.1, -0.05) is 24.3 Å². The van der Waals surface area contributed by atoms with Gasteiger partial charge in [0.2, 0.25) is 0 Å². The van der Waals surface area contributed by atoms with Gasteiger partial charge in [0.1, 0.15) is 0 Å². The van der Waals surface area contributed by atoms with Crippen molar-refractivity contribution in [2.24, 2.45) is 4.99 Å². The summed E-state index contributed by atoms with van der Waals surface area (Å²) in [6, 6.07) is 9.23. The van der Waals surface area contributed by atoms with E-state index in [4.69, 9.17) is 0 Å². The summed E-state index contributed by atoms with van der Waals surface area (Å²) in [7, 11) is 0. The molecular formula is C17H27IN4. The minimum Gasteiger partial charge on any atom is -0.366 e. The first-order valence-electron chi connectivity index (χ1n) is 7.74. The van der Waals surface area contributed by atoms with Crippen molar-refractivity contribution in [2.45, 2.75) is 26.3 Å². The molecule has 0 fully saturated rings. The predicted octanol–water partition coefficient (Wildman–Crippen LogP) is 2.80. The first kappa shape index (κ1) is 18.8. The lowest BCUT2D eigenvalue weighted by Gasteiger charge is -2.24. The fourth-order valence-corrected chi connectivity index (χ4v) is 2.75. The molecule has 122 valence electrons. The van der Waals surface area contributed by atoms with E-state index >= 15 is 0 Å². The number of hydrogen-bond acceptors (Lipinski definition) is 2. The van der Waals surface area contributed by atoms with Gasteiger partial charge >= 0.3 is 0 Å². The minimum atomic E-state index is 0. The van der Waals surface area contributed by atoms with Gasteiger partial charge in [-0.2, -0.15) is 0 Å². The first-order valence-corrected chi connectivity index (χ1v) is 7.74. The molecule has 22 heavy (non-hydrogen) atoms. The van der Waals surface area contributed by atoms with Gasteiger partial charge in [-0.3, -0.25) is 4.99 Å². The zero-order valence-corrected chi connectivity index (χ0v) is 15.8. The summed E-state index contributed by atoms with van der Waals surface area (Å²) in [4.78, 5) is 7.08. The van der Waals surface area contributed by atoms with Crippen molar-refractivity contribution in [3.8, 4) is 0 Å². The van der Waals surface area contributed by atoms with Crippen molar-refractivity contribution in [1.29, 1.82) is 0 Å². The molecule has 0 aliphatic carbocycles. The third kappa shape index (κ3) is 4.90. The summed E-state index contributed by atoms with van der Waals surface area (Å²) >= 11 is 0. The molecule has 0 spiro atoms. The Kier molecular flexibility index (Phi) is 8.30. The average molecular weight is 414 g/mol. The SMILES string of the molecule is C=CCNC(=NCCN1c2ccccc2CC1C)NCC.I. The molecule has 1 atom stereocenters. The number of guanidine groups is 1. The molecule has 1 aliphatic heterocycles. The van der Waals surface area contributed by atoms with Crippen LogP contribution in [0.1, 0.15) is 19.4 Å². The number of benzene rings is 1. The number of para-hydroxylation sites is 1. The van der Waals surface area contributed by atoms with Gasteiger partial charge in [0.25, 0.3) is 0 Å². The molecule has 0 bridgehead atoms. The summed E-state index contributed by atoms with van der Waals surface area (Å²) in [6.07, 6.45) is 2.97. The number of halogens is 1. The highest BCUT2D eigenvalue weighted by atomic mass is 127. The maximum absolute atomic E-state index is 4.63. The standard InChI is InChI=1S/C17H26N4.HI/c1-4-10-19-17(18-5-2)20-11-12-21-14(3)13-15-8-6-7-9-16(15)21;/h4,6-9,14H,1,5,10-13H2,2-3H3,(H2,18,19,20);1H. The Hall–Kier alpha value is -1.24. The number of fused-ring (bicyclic) bond motifs is 1.